The van der Waals surface area contributed by atoms with Crippen LogP contribution >= 0.6 is 31.9 Å². The fourth-order valence-corrected chi connectivity index (χ4v) is 4.38. The molecular weight excluding hydrogens is 588 g/mol. The Bertz CT molecular complexity index is 1470. The zero-order valence-electron chi connectivity index (χ0n) is 19.6. The van der Waals surface area contributed by atoms with E-state index in [1.165, 1.54) is 4.68 Å². The molecule has 9 heteroatoms. The summed E-state index contributed by atoms with van der Waals surface area (Å²) in [5, 5.41) is 7.76. The molecule has 1 heterocycles. The molecule has 4 aromatic rings. The average molecular weight is 612 g/mol. The molecule has 36 heavy (non-hydrogen) atoms. The van der Waals surface area contributed by atoms with Crippen LogP contribution in [0, 0.1) is 0 Å². The molecular formula is C27H24Br2N4O3. The molecule has 0 bridgehead atoms. The number of para-hydroxylation sites is 1. The third kappa shape index (κ3) is 6.47. The number of ether oxygens (including phenoxy) is 1. The van der Waals surface area contributed by atoms with Gasteiger partial charge in [-0.2, -0.15) is 9.78 Å². The molecule has 4 rings (SSSR count). The van der Waals surface area contributed by atoms with Gasteiger partial charge in [0.25, 0.3) is 11.5 Å². The van der Waals surface area contributed by atoms with Gasteiger partial charge in [-0.3, -0.25) is 9.59 Å². The van der Waals surface area contributed by atoms with Gasteiger partial charge in [0.2, 0.25) is 0 Å². The minimum Gasteiger partial charge on any atom is -0.483 e. The van der Waals surface area contributed by atoms with Crippen LogP contribution in [-0.2, 0) is 11.2 Å². The summed E-state index contributed by atoms with van der Waals surface area (Å²) in [5.74, 6) is 0.887. The van der Waals surface area contributed by atoms with E-state index in [2.05, 4.69) is 49.2 Å². The van der Waals surface area contributed by atoms with Crippen molar-refractivity contribution in [3.63, 3.8) is 0 Å². The summed E-state index contributed by atoms with van der Waals surface area (Å²) < 4.78 is 8.50. The van der Waals surface area contributed by atoms with Crippen LogP contribution in [0.4, 0.5) is 5.69 Å². The molecule has 0 spiro atoms. The van der Waals surface area contributed by atoms with E-state index in [0.717, 1.165) is 22.9 Å². The van der Waals surface area contributed by atoms with Crippen LogP contribution in [0.25, 0.3) is 10.9 Å². The van der Waals surface area contributed by atoms with Gasteiger partial charge in [-0.1, -0.05) is 47.5 Å². The van der Waals surface area contributed by atoms with E-state index in [1.807, 2.05) is 48.5 Å². The highest BCUT2D eigenvalue weighted by Crippen LogP contribution is 2.25. The molecule has 0 aliphatic heterocycles. The third-order valence-electron chi connectivity index (χ3n) is 5.32. The molecule has 1 aromatic heterocycles. The summed E-state index contributed by atoms with van der Waals surface area (Å²) in [6.07, 6.45) is 4.14. The fraction of sp³-hybridized carbons (Fsp3) is 0.185. The Morgan fingerprint density at radius 3 is 2.67 bits per heavy atom. The molecule has 0 aliphatic rings. The molecule has 0 atom stereocenters. The largest absolute Gasteiger partial charge is 0.483 e. The van der Waals surface area contributed by atoms with Crippen molar-refractivity contribution < 1.29 is 9.53 Å². The van der Waals surface area contributed by atoms with Crippen molar-refractivity contribution in [3.05, 3.63) is 97.4 Å². The van der Waals surface area contributed by atoms with Crippen molar-refractivity contribution in [3.8, 4) is 5.75 Å². The molecule has 0 fully saturated rings. The fourth-order valence-electron chi connectivity index (χ4n) is 3.51. The first-order valence-electron chi connectivity index (χ1n) is 11.5. The summed E-state index contributed by atoms with van der Waals surface area (Å²) in [5.41, 5.74) is 1.90. The Morgan fingerprint density at radius 1 is 1.11 bits per heavy atom. The molecule has 184 valence electrons. The van der Waals surface area contributed by atoms with Gasteiger partial charge in [-0.05, 0) is 76.4 Å². The quantitative estimate of drug-likeness (QED) is 0.230. The number of amides is 1. The second-order valence-corrected chi connectivity index (χ2v) is 9.82. The van der Waals surface area contributed by atoms with E-state index in [9.17, 15) is 9.59 Å². The van der Waals surface area contributed by atoms with Crippen LogP contribution in [-0.4, -0.2) is 28.4 Å². The third-order valence-corrected chi connectivity index (χ3v) is 6.44. The number of nitrogens with one attached hydrogen (secondary N) is 1. The standard InChI is InChI=1S/C27H24Br2N4O3/c1-2-3-9-25-32-23-12-11-19(28)15-21(23)27(35)33(25)30-16-18-10-13-24(22(29)14-18)36-17-26(34)31-20-7-5-4-6-8-20/h4-8,10-16H,2-3,9,17H2,1H3,(H,31,34). The zero-order chi connectivity index (χ0) is 25.5. The molecule has 1 amide bonds. The lowest BCUT2D eigenvalue weighted by molar-refractivity contribution is -0.118. The number of unbranched alkanes of at least 4 members (excludes halogenated alkanes) is 1. The second-order valence-electron chi connectivity index (χ2n) is 8.05. The average Bonchev–Trinajstić information content (AvgIpc) is 2.87. The van der Waals surface area contributed by atoms with Gasteiger partial charge in [-0.25, -0.2) is 4.98 Å². The summed E-state index contributed by atoms with van der Waals surface area (Å²) in [7, 11) is 0. The Kier molecular flexibility index (Phi) is 8.66. The van der Waals surface area contributed by atoms with Gasteiger partial charge < -0.3 is 10.1 Å². The number of hydrogen-bond acceptors (Lipinski definition) is 5. The van der Waals surface area contributed by atoms with Crippen LogP contribution in [0.3, 0.4) is 0 Å². The zero-order valence-corrected chi connectivity index (χ0v) is 22.8. The summed E-state index contributed by atoms with van der Waals surface area (Å²) in [4.78, 5) is 30.1. The van der Waals surface area contributed by atoms with Crippen molar-refractivity contribution in [1.82, 2.24) is 9.66 Å². The lowest BCUT2D eigenvalue weighted by Gasteiger charge is -2.10. The Morgan fingerprint density at radius 2 is 1.92 bits per heavy atom. The maximum atomic E-state index is 13.2. The topological polar surface area (TPSA) is 85.6 Å². The minimum atomic E-state index is -0.256. The molecule has 0 saturated heterocycles. The molecule has 0 saturated carbocycles. The number of fused-ring (bicyclic) bond motifs is 1. The van der Waals surface area contributed by atoms with Gasteiger partial charge in [0.05, 0.1) is 21.6 Å². The highest BCUT2D eigenvalue weighted by Gasteiger charge is 2.11. The molecule has 0 unspecified atom stereocenters. The van der Waals surface area contributed by atoms with Gasteiger partial charge in [0.1, 0.15) is 11.6 Å². The molecule has 0 aliphatic carbocycles. The first-order valence-corrected chi connectivity index (χ1v) is 13.1. The van der Waals surface area contributed by atoms with Crippen LogP contribution in [0.5, 0.6) is 5.75 Å². The summed E-state index contributed by atoms with van der Waals surface area (Å²) in [6, 6.07) is 20.0. The van der Waals surface area contributed by atoms with E-state index in [4.69, 9.17) is 9.72 Å². The normalized spacial score (nSPS) is 11.2. The predicted molar refractivity (Wildman–Crippen MR) is 150 cm³/mol. The first kappa shape index (κ1) is 25.8. The highest BCUT2D eigenvalue weighted by molar-refractivity contribution is 9.10. The number of aryl methyl sites for hydroxylation is 1. The van der Waals surface area contributed by atoms with Gasteiger partial charge >= 0.3 is 0 Å². The lowest BCUT2D eigenvalue weighted by Crippen LogP contribution is -2.22. The number of anilines is 1. The number of halogens is 2. The monoisotopic (exact) mass is 610 g/mol. The number of aromatic nitrogens is 2. The van der Waals surface area contributed by atoms with E-state index in [-0.39, 0.29) is 18.1 Å². The molecule has 3 aromatic carbocycles. The van der Waals surface area contributed by atoms with Crippen LogP contribution in [0.1, 0.15) is 31.2 Å². The molecule has 7 nitrogen and oxygen atoms in total. The van der Waals surface area contributed by atoms with Crippen molar-refractivity contribution >= 4 is 60.6 Å². The second kappa shape index (κ2) is 12.1. The first-order chi connectivity index (χ1) is 17.4. The van der Waals surface area contributed by atoms with Crippen molar-refractivity contribution in [1.29, 1.82) is 0 Å². The molecule has 0 radical (unpaired) electrons. The van der Waals surface area contributed by atoms with Crippen molar-refractivity contribution in [2.24, 2.45) is 5.10 Å². The maximum absolute atomic E-state index is 13.2. The van der Waals surface area contributed by atoms with Crippen LogP contribution in [0.15, 0.2) is 85.6 Å². The summed E-state index contributed by atoms with van der Waals surface area (Å²) >= 11 is 6.91. The van der Waals surface area contributed by atoms with Crippen LogP contribution < -0.4 is 15.6 Å². The van der Waals surface area contributed by atoms with Gasteiger partial charge in [0, 0.05) is 16.6 Å². The number of carbonyl (C=O) groups excluding carboxylic acids is 1. The Balaban J connectivity index is 1.52. The van der Waals surface area contributed by atoms with Gasteiger partial charge in [-0.15, -0.1) is 0 Å². The lowest BCUT2D eigenvalue weighted by atomic mass is 10.2. The molecule has 1 N–H and O–H groups in total. The number of carbonyl (C=O) groups is 1. The summed E-state index contributed by atoms with van der Waals surface area (Å²) in [6.45, 7) is 1.96. The number of hydrogen-bond donors (Lipinski definition) is 1. The highest BCUT2D eigenvalue weighted by atomic mass is 79.9. The SMILES string of the molecule is CCCCc1nc2ccc(Br)cc2c(=O)n1N=Cc1ccc(OCC(=O)Nc2ccccc2)c(Br)c1. The van der Waals surface area contributed by atoms with Crippen molar-refractivity contribution in [2.45, 2.75) is 26.2 Å². The van der Waals surface area contributed by atoms with Crippen LogP contribution in [0.2, 0.25) is 0 Å². The minimum absolute atomic E-state index is 0.130. The Labute approximate surface area is 225 Å². The van der Waals surface area contributed by atoms with E-state index >= 15 is 0 Å². The van der Waals surface area contributed by atoms with E-state index in [1.54, 1.807) is 24.4 Å². The number of nitrogens with zero attached hydrogens (tertiary/aromatic N) is 3. The number of rotatable bonds is 9. The number of benzene rings is 3. The van der Waals surface area contributed by atoms with E-state index in [0.29, 0.717) is 39.1 Å². The van der Waals surface area contributed by atoms with Gasteiger partial charge in [0.15, 0.2) is 6.61 Å². The predicted octanol–water partition coefficient (Wildman–Crippen LogP) is 6.16. The maximum Gasteiger partial charge on any atom is 0.282 e. The Hall–Kier alpha value is -3.30. The van der Waals surface area contributed by atoms with E-state index < -0.39 is 0 Å². The smallest absolute Gasteiger partial charge is 0.282 e. The van der Waals surface area contributed by atoms with Crippen molar-refractivity contribution in [2.75, 3.05) is 11.9 Å².